The Kier molecular flexibility index (Phi) is 59.2. The van der Waals surface area contributed by atoms with E-state index in [-0.39, 0.29) is 32.2 Å². The Morgan fingerprint density at radius 2 is 0.684 bits per heavy atom. The van der Waals surface area contributed by atoms with Crippen molar-refractivity contribution in [1.82, 2.24) is 0 Å². The first-order valence-corrected chi connectivity index (χ1v) is 33.8. The summed E-state index contributed by atoms with van der Waals surface area (Å²) >= 11 is 0. The maximum Gasteiger partial charge on any atom is 0.306 e. The SMILES string of the molecule is CCCCCCC/C=C\C/C=C\C/C=C\CCCCCCCCC(=O)OC(COC(=O)CCCCCCCCCCCCCCCCCCCCCCC/C=C\CCCCCCCCCC)COC(OCC[N+](C)(C)C)C(=O)[O-]. The number of nitrogens with zero attached hydrogens (tertiary/aromatic N) is 1. The number of carboxylic acid groups (broad SMARTS) is 1. The number of hydrogen-bond acceptors (Lipinski definition) is 8. The summed E-state index contributed by atoms with van der Waals surface area (Å²) in [5.74, 6) is -2.28. The minimum absolute atomic E-state index is 0.145. The van der Waals surface area contributed by atoms with Crippen LogP contribution in [0.4, 0.5) is 0 Å². The second-order valence-electron chi connectivity index (χ2n) is 24.1. The molecule has 0 saturated carbocycles. The molecule has 79 heavy (non-hydrogen) atoms. The lowest BCUT2D eigenvalue weighted by Crippen LogP contribution is -2.44. The van der Waals surface area contributed by atoms with Crippen molar-refractivity contribution in [3.63, 3.8) is 0 Å². The Bertz CT molecular complexity index is 1430. The van der Waals surface area contributed by atoms with E-state index < -0.39 is 24.3 Å². The van der Waals surface area contributed by atoms with Crippen molar-refractivity contribution in [2.45, 2.75) is 334 Å². The summed E-state index contributed by atoms with van der Waals surface area (Å²) in [5, 5.41) is 11.8. The molecule has 0 heterocycles. The predicted octanol–water partition coefficient (Wildman–Crippen LogP) is 19.2. The van der Waals surface area contributed by atoms with Gasteiger partial charge in [-0.1, -0.05) is 281 Å². The zero-order valence-corrected chi connectivity index (χ0v) is 52.8. The second kappa shape index (κ2) is 61.3. The van der Waals surface area contributed by atoms with Crippen LogP contribution in [0.3, 0.4) is 0 Å². The van der Waals surface area contributed by atoms with Crippen LogP contribution in [0.1, 0.15) is 322 Å². The number of quaternary nitrogens is 1. The summed E-state index contributed by atoms with van der Waals surface area (Å²) in [6, 6.07) is 0. The Morgan fingerprint density at radius 1 is 0.380 bits per heavy atom. The number of hydrogen-bond donors (Lipinski definition) is 0. The van der Waals surface area contributed by atoms with E-state index in [4.69, 9.17) is 18.9 Å². The minimum atomic E-state index is -1.63. The first-order chi connectivity index (χ1) is 38.6. The number of carboxylic acids is 1. The van der Waals surface area contributed by atoms with E-state index >= 15 is 0 Å². The molecule has 0 bridgehead atoms. The fourth-order valence-electron chi connectivity index (χ4n) is 9.84. The average molecular weight is 1110 g/mol. The summed E-state index contributed by atoms with van der Waals surface area (Å²) in [6.45, 7) is 4.76. The third-order valence-electron chi connectivity index (χ3n) is 15.0. The molecule has 9 heteroatoms. The zero-order valence-electron chi connectivity index (χ0n) is 52.8. The zero-order chi connectivity index (χ0) is 57.6. The van der Waals surface area contributed by atoms with Gasteiger partial charge in [-0.2, -0.15) is 0 Å². The largest absolute Gasteiger partial charge is 0.545 e. The number of aliphatic carboxylic acids is 1. The molecular formula is C70H129NO8. The molecule has 0 aliphatic heterocycles. The molecular weight excluding hydrogens is 983 g/mol. The van der Waals surface area contributed by atoms with E-state index in [0.29, 0.717) is 23.9 Å². The van der Waals surface area contributed by atoms with Crippen LogP contribution in [0.2, 0.25) is 0 Å². The molecule has 9 nitrogen and oxygen atoms in total. The highest BCUT2D eigenvalue weighted by molar-refractivity contribution is 5.70. The highest BCUT2D eigenvalue weighted by Gasteiger charge is 2.22. The van der Waals surface area contributed by atoms with Gasteiger partial charge in [0.15, 0.2) is 12.4 Å². The molecule has 0 aromatic rings. The number of esters is 2. The quantitative estimate of drug-likeness (QED) is 0.0195. The highest BCUT2D eigenvalue weighted by Crippen LogP contribution is 2.18. The molecule has 0 amide bonds. The van der Waals surface area contributed by atoms with E-state index in [1.54, 1.807) is 0 Å². The standard InChI is InChI=1S/C70H129NO8/c1-6-8-10-12-14-16-18-20-22-24-26-28-29-30-31-32-33-34-35-36-37-38-39-41-42-44-46-48-50-52-54-56-58-60-67(72)77-64-66(65-78-70(69(74)75)76-63-62-71(3,4)5)79-68(73)61-59-57-55-53-51-49-47-45-43-40-27-25-23-21-19-17-15-13-11-9-7-2/h19,21,24-27,43,45,66,70H,6-18,20,22-23,28-42,44,46-65H2,1-5H3/b21-19-,26-24-,27-25-,45-43-. The van der Waals surface area contributed by atoms with Crippen LogP contribution in [-0.4, -0.2) is 82.3 Å². The average Bonchev–Trinajstić information content (AvgIpc) is 3.42. The van der Waals surface area contributed by atoms with Gasteiger partial charge in [-0.25, -0.2) is 0 Å². The molecule has 0 aromatic carbocycles. The molecule has 0 aliphatic carbocycles. The first-order valence-electron chi connectivity index (χ1n) is 33.8. The number of allylic oxidation sites excluding steroid dienone is 8. The Morgan fingerprint density at radius 3 is 1.03 bits per heavy atom. The van der Waals surface area contributed by atoms with E-state index in [0.717, 1.165) is 70.6 Å². The van der Waals surface area contributed by atoms with Gasteiger partial charge in [-0.15, -0.1) is 0 Å². The van der Waals surface area contributed by atoms with Gasteiger partial charge in [0.2, 0.25) is 0 Å². The first kappa shape index (κ1) is 76.2. The van der Waals surface area contributed by atoms with Crippen LogP contribution in [0.25, 0.3) is 0 Å². The van der Waals surface area contributed by atoms with Gasteiger partial charge in [0, 0.05) is 12.8 Å². The summed E-state index contributed by atoms with van der Waals surface area (Å²) in [7, 11) is 5.93. The van der Waals surface area contributed by atoms with Crippen LogP contribution < -0.4 is 5.11 Å². The van der Waals surface area contributed by atoms with Gasteiger partial charge < -0.3 is 33.3 Å². The molecule has 0 fully saturated rings. The van der Waals surface area contributed by atoms with Crippen LogP contribution in [0, 0.1) is 0 Å². The Hall–Kier alpha value is -2.75. The van der Waals surface area contributed by atoms with Gasteiger partial charge in [0.1, 0.15) is 13.2 Å². The van der Waals surface area contributed by atoms with Crippen molar-refractivity contribution < 1.29 is 42.9 Å². The summed E-state index contributed by atoms with van der Waals surface area (Å²) < 4.78 is 22.8. The molecule has 0 N–H and O–H groups in total. The molecule has 2 atom stereocenters. The fraction of sp³-hybridized carbons (Fsp3) is 0.843. The summed E-state index contributed by atoms with van der Waals surface area (Å²) in [4.78, 5) is 37.4. The highest BCUT2D eigenvalue weighted by atomic mass is 16.7. The maximum atomic E-state index is 12.9. The monoisotopic (exact) mass is 1110 g/mol. The Labute approximate surface area is 489 Å². The number of unbranched alkanes of at least 4 members (excludes halogenated alkanes) is 40. The smallest absolute Gasteiger partial charge is 0.306 e. The molecule has 0 aliphatic rings. The van der Waals surface area contributed by atoms with E-state index in [9.17, 15) is 19.5 Å². The molecule has 0 spiro atoms. The van der Waals surface area contributed by atoms with Crippen molar-refractivity contribution in [2.75, 3.05) is 47.5 Å². The minimum Gasteiger partial charge on any atom is -0.545 e. The number of rotatable bonds is 63. The third kappa shape index (κ3) is 62.7. The Balaban J connectivity index is 4.08. The van der Waals surface area contributed by atoms with Gasteiger partial charge in [-0.05, 0) is 77.0 Å². The van der Waals surface area contributed by atoms with Crippen LogP contribution >= 0.6 is 0 Å². The van der Waals surface area contributed by atoms with E-state index in [1.807, 2.05) is 21.1 Å². The number of likely N-dealkylation sites (N-methyl/N-ethyl adjacent to an activating group) is 1. The van der Waals surface area contributed by atoms with Crippen molar-refractivity contribution in [2.24, 2.45) is 0 Å². The number of carbonyl (C=O) groups excluding carboxylic acids is 3. The maximum absolute atomic E-state index is 12.9. The molecule has 0 aromatic heterocycles. The van der Waals surface area contributed by atoms with Crippen LogP contribution in [0.5, 0.6) is 0 Å². The van der Waals surface area contributed by atoms with Crippen molar-refractivity contribution in [3.05, 3.63) is 48.6 Å². The van der Waals surface area contributed by atoms with E-state index in [1.165, 1.54) is 218 Å². The summed E-state index contributed by atoms with van der Waals surface area (Å²) in [5.41, 5.74) is 0. The topological polar surface area (TPSA) is 111 Å². The van der Waals surface area contributed by atoms with Crippen molar-refractivity contribution in [1.29, 1.82) is 0 Å². The molecule has 0 radical (unpaired) electrons. The van der Waals surface area contributed by atoms with Crippen LogP contribution in [-0.2, 0) is 33.3 Å². The van der Waals surface area contributed by atoms with E-state index in [2.05, 4.69) is 62.5 Å². The lowest BCUT2D eigenvalue weighted by molar-refractivity contribution is -0.870. The molecule has 2 unspecified atom stereocenters. The fourth-order valence-corrected chi connectivity index (χ4v) is 9.84. The van der Waals surface area contributed by atoms with Crippen molar-refractivity contribution >= 4 is 17.9 Å². The van der Waals surface area contributed by atoms with Crippen LogP contribution in [0.15, 0.2) is 48.6 Å². The third-order valence-corrected chi connectivity index (χ3v) is 15.0. The predicted molar refractivity (Wildman–Crippen MR) is 334 cm³/mol. The lowest BCUT2D eigenvalue weighted by Gasteiger charge is -2.26. The van der Waals surface area contributed by atoms with Crippen molar-refractivity contribution in [3.8, 4) is 0 Å². The molecule has 0 saturated heterocycles. The number of carbonyl (C=O) groups is 3. The van der Waals surface area contributed by atoms with Gasteiger partial charge in [-0.3, -0.25) is 9.59 Å². The molecule has 0 rings (SSSR count). The van der Waals surface area contributed by atoms with Gasteiger partial charge in [0.25, 0.3) is 0 Å². The van der Waals surface area contributed by atoms with Gasteiger partial charge >= 0.3 is 11.9 Å². The summed E-state index contributed by atoms with van der Waals surface area (Å²) in [6.07, 6.45) is 74.8. The normalized spacial score (nSPS) is 13.0. The number of ether oxygens (including phenoxy) is 4. The lowest BCUT2D eigenvalue weighted by atomic mass is 10.0. The molecule has 462 valence electrons. The second-order valence-corrected chi connectivity index (χ2v) is 24.1. The van der Waals surface area contributed by atoms with Gasteiger partial charge in [0.05, 0.1) is 40.3 Å².